The molecular formula is C18H21BrIN3O2. The molecule has 134 valence electrons. The van der Waals surface area contributed by atoms with E-state index in [1.165, 1.54) is 5.56 Å². The third-order valence-corrected chi connectivity index (χ3v) is 4.54. The molecule has 5 nitrogen and oxygen atoms in total. The number of benzene rings is 2. The highest BCUT2D eigenvalue weighted by Crippen LogP contribution is 2.43. The molecule has 1 aliphatic rings. The Morgan fingerprint density at radius 3 is 2.44 bits per heavy atom. The first-order chi connectivity index (χ1) is 11.6. The van der Waals surface area contributed by atoms with Gasteiger partial charge < -0.3 is 20.5 Å². The third-order valence-electron chi connectivity index (χ3n) is 4.02. The number of aliphatic imine (C=N–C) groups is 1. The van der Waals surface area contributed by atoms with Gasteiger partial charge in [0.1, 0.15) is 0 Å². The normalized spacial score (nSPS) is 18.9. The summed E-state index contributed by atoms with van der Waals surface area (Å²) in [5.74, 6) is 2.18. The quantitative estimate of drug-likeness (QED) is 0.351. The van der Waals surface area contributed by atoms with Gasteiger partial charge in [0.25, 0.3) is 0 Å². The Morgan fingerprint density at radius 2 is 1.80 bits per heavy atom. The highest BCUT2D eigenvalue weighted by atomic mass is 127. The van der Waals surface area contributed by atoms with Crippen LogP contribution in [0.4, 0.5) is 5.69 Å². The van der Waals surface area contributed by atoms with Crippen molar-refractivity contribution < 1.29 is 9.47 Å². The third kappa shape index (κ3) is 5.01. The van der Waals surface area contributed by atoms with E-state index in [9.17, 15) is 0 Å². The maximum absolute atomic E-state index is 6.03. The zero-order valence-corrected chi connectivity index (χ0v) is 17.9. The fourth-order valence-corrected chi connectivity index (χ4v) is 2.93. The molecule has 1 fully saturated rings. The van der Waals surface area contributed by atoms with E-state index in [4.69, 9.17) is 15.2 Å². The first-order valence-electron chi connectivity index (χ1n) is 7.68. The van der Waals surface area contributed by atoms with Crippen LogP contribution in [0.3, 0.4) is 0 Å². The zero-order valence-electron chi connectivity index (χ0n) is 14.0. The lowest BCUT2D eigenvalue weighted by Crippen LogP contribution is -2.23. The fraction of sp³-hybridized carbons (Fsp3) is 0.278. The van der Waals surface area contributed by atoms with E-state index in [1.807, 2.05) is 18.2 Å². The molecule has 0 bridgehead atoms. The molecule has 2 unspecified atom stereocenters. The van der Waals surface area contributed by atoms with Crippen molar-refractivity contribution in [1.82, 2.24) is 0 Å². The topological polar surface area (TPSA) is 68.9 Å². The van der Waals surface area contributed by atoms with Crippen molar-refractivity contribution in [3.8, 4) is 11.5 Å². The van der Waals surface area contributed by atoms with Gasteiger partial charge in [-0.15, -0.1) is 24.0 Å². The Bertz CT molecular complexity index is 752. The van der Waals surface area contributed by atoms with Crippen molar-refractivity contribution in [3.63, 3.8) is 0 Å². The van der Waals surface area contributed by atoms with Crippen LogP contribution in [0.25, 0.3) is 0 Å². The second-order valence-electron chi connectivity index (χ2n) is 5.67. The molecular weight excluding hydrogens is 497 g/mol. The molecule has 2 atom stereocenters. The molecule has 0 saturated heterocycles. The van der Waals surface area contributed by atoms with Crippen LogP contribution in [0.2, 0.25) is 0 Å². The van der Waals surface area contributed by atoms with Gasteiger partial charge in [-0.3, -0.25) is 0 Å². The van der Waals surface area contributed by atoms with E-state index < -0.39 is 0 Å². The van der Waals surface area contributed by atoms with Gasteiger partial charge in [0.05, 0.1) is 20.3 Å². The number of halogens is 2. The van der Waals surface area contributed by atoms with Crippen LogP contribution in [0.1, 0.15) is 17.9 Å². The maximum Gasteiger partial charge on any atom is 0.193 e. The molecule has 0 radical (unpaired) electrons. The lowest BCUT2D eigenvalue weighted by molar-refractivity contribution is 0.355. The Hall–Kier alpha value is -1.48. The molecule has 1 saturated carbocycles. The van der Waals surface area contributed by atoms with Crippen LogP contribution in [0, 0.1) is 0 Å². The minimum absolute atomic E-state index is 0. The molecule has 2 aromatic rings. The maximum atomic E-state index is 6.03. The van der Waals surface area contributed by atoms with Gasteiger partial charge in [0.15, 0.2) is 17.5 Å². The smallest absolute Gasteiger partial charge is 0.193 e. The first kappa shape index (κ1) is 19.8. The summed E-state index contributed by atoms with van der Waals surface area (Å²) in [6, 6.07) is 14.1. The summed E-state index contributed by atoms with van der Waals surface area (Å²) < 4.78 is 11.6. The second-order valence-corrected chi connectivity index (χ2v) is 6.59. The molecule has 2 aromatic carbocycles. The highest BCUT2D eigenvalue weighted by Gasteiger charge is 2.38. The van der Waals surface area contributed by atoms with E-state index in [2.05, 4.69) is 50.5 Å². The SMILES string of the molecule is COc1ccc(NC(N)=NC2CC2c2ccc(Br)cc2)cc1OC.I. The fourth-order valence-electron chi connectivity index (χ4n) is 2.67. The van der Waals surface area contributed by atoms with Gasteiger partial charge in [-0.25, -0.2) is 4.99 Å². The number of anilines is 1. The highest BCUT2D eigenvalue weighted by molar-refractivity contribution is 14.0. The number of ether oxygens (including phenoxy) is 2. The largest absolute Gasteiger partial charge is 0.493 e. The summed E-state index contributed by atoms with van der Waals surface area (Å²) in [7, 11) is 3.21. The predicted octanol–water partition coefficient (Wildman–Crippen LogP) is 4.37. The van der Waals surface area contributed by atoms with E-state index in [0.717, 1.165) is 16.6 Å². The lowest BCUT2D eigenvalue weighted by Gasteiger charge is -2.11. The molecule has 0 spiro atoms. The standard InChI is InChI=1S/C18H20BrN3O2.HI/c1-23-16-8-7-13(9-17(16)24-2)21-18(20)22-15-10-14(15)11-3-5-12(19)6-4-11;/h3-9,14-15H,10H2,1-2H3,(H3,20,21,22);1H. The van der Waals surface area contributed by atoms with Crippen molar-refractivity contribution in [3.05, 3.63) is 52.5 Å². The number of guanidine groups is 1. The van der Waals surface area contributed by atoms with Gasteiger partial charge in [-0.1, -0.05) is 28.1 Å². The van der Waals surface area contributed by atoms with Crippen LogP contribution in [-0.2, 0) is 0 Å². The Morgan fingerprint density at radius 1 is 1.12 bits per heavy atom. The average molecular weight is 518 g/mol. The van der Waals surface area contributed by atoms with Crippen LogP contribution >= 0.6 is 39.9 Å². The Labute approximate surface area is 173 Å². The Kier molecular flexibility index (Phi) is 6.95. The van der Waals surface area contributed by atoms with Crippen molar-refractivity contribution in [2.75, 3.05) is 19.5 Å². The molecule has 0 aliphatic heterocycles. The molecule has 25 heavy (non-hydrogen) atoms. The average Bonchev–Trinajstić information content (AvgIpc) is 3.34. The van der Waals surface area contributed by atoms with Crippen molar-refractivity contribution in [2.45, 2.75) is 18.4 Å². The number of nitrogens with zero attached hydrogens (tertiary/aromatic N) is 1. The van der Waals surface area contributed by atoms with Crippen molar-refractivity contribution >= 4 is 51.6 Å². The van der Waals surface area contributed by atoms with Gasteiger partial charge in [0.2, 0.25) is 0 Å². The van der Waals surface area contributed by atoms with E-state index in [-0.39, 0.29) is 30.0 Å². The molecule has 0 aromatic heterocycles. The Balaban J connectivity index is 0.00000225. The molecule has 7 heteroatoms. The summed E-state index contributed by atoms with van der Waals surface area (Å²) in [4.78, 5) is 4.56. The van der Waals surface area contributed by atoms with Gasteiger partial charge >= 0.3 is 0 Å². The zero-order chi connectivity index (χ0) is 17.1. The summed E-state index contributed by atoms with van der Waals surface area (Å²) in [6.45, 7) is 0. The monoisotopic (exact) mass is 517 g/mol. The predicted molar refractivity (Wildman–Crippen MR) is 115 cm³/mol. The van der Waals surface area contributed by atoms with E-state index in [1.54, 1.807) is 14.2 Å². The molecule has 1 aliphatic carbocycles. The number of hydrogen-bond acceptors (Lipinski definition) is 3. The van der Waals surface area contributed by atoms with Gasteiger partial charge in [-0.2, -0.15) is 0 Å². The first-order valence-corrected chi connectivity index (χ1v) is 8.48. The van der Waals surface area contributed by atoms with Crippen molar-refractivity contribution in [2.24, 2.45) is 10.7 Å². The van der Waals surface area contributed by atoms with Crippen LogP contribution in [0.15, 0.2) is 51.9 Å². The number of methoxy groups -OCH3 is 2. The number of nitrogens with one attached hydrogen (secondary N) is 1. The van der Waals surface area contributed by atoms with E-state index >= 15 is 0 Å². The van der Waals surface area contributed by atoms with Crippen LogP contribution in [0.5, 0.6) is 11.5 Å². The summed E-state index contributed by atoms with van der Waals surface area (Å²) in [6.07, 6.45) is 1.02. The van der Waals surface area contributed by atoms with Crippen LogP contribution in [-0.4, -0.2) is 26.2 Å². The number of nitrogens with two attached hydrogens (primary N) is 1. The number of rotatable bonds is 5. The minimum Gasteiger partial charge on any atom is -0.493 e. The summed E-state index contributed by atoms with van der Waals surface area (Å²) >= 11 is 3.45. The summed E-state index contributed by atoms with van der Waals surface area (Å²) in [5.41, 5.74) is 8.14. The molecule has 0 amide bonds. The van der Waals surface area contributed by atoms with E-state index in [0.29, 0.717) is 23.4 Å². The van der Waals surface area contributed by atoms with Gasteiger partial charge in [-0.05, 0) is 36.2 Å². The number of hydrogen-bond donors (Lipinski definition) is 2. The second kappa shape index (κ2) is 8.75. The van der Waals surface area contributed by atoms with Crippen molar-refractivity contribution in [1.29, 1.82) is 0 Å². The molecule has 0 heterocycles. The summed E-state index contributed by atoms with van der Waals surface area (Å²) in [5, 5.41) is 3.11. The van der Waals surface area contributed by atoms with Crippen LogP contribution < -0.4 is 20.5 Å². The van der Waals surface area contributed by atoms with Gasteiger partial charge in [0, 0.05) is 22.1 Å². The molecule has 3 N–H and O–H groups in total. The lowest BCUT2D eigenvalue weighted by atomic mass is 10.1. The molecule has 3 rings (SSSR count). The minimum atomic E-state index is 0.